The topological polar surface area (TPSA) is 34.5 Å². The summed E-state index contributed by atoms with van der Waals surface area (Å²) in [7, 11) is 0. The van der Waals surface area contributed by atoms with Crippen LogP contribution < -0.4 is 0 Å². The minimum atomic E-state index is 0.470. The summed E-state index contributed by atoms with van der Waals surface area (Å²) in [5.74, 6) is 0. The van der Waals surface area contributed by atoms with Gasteiger partial charge in [0.2, 0.25) is 0 Å². The summed E-state index contributed by atoms with van der Waals surface area (Å²) >= 11 is 5.75. The second-order valence-corrected chi connectivity index (χ2v) is 2.90. The number of hydrogen-bond acceptors (Lipinski definition) is 3. The Bertz CT molecular complexity index is 292. The lowest BCUT2D eigenvalue weighted by Crippen LogP contribution is -1.88. The van der Waals surface area contributed by atoms with E-state index >= 15 is 0 Å². The van der Waals surface area contributed by atoms with E-state index in [4.69, 9.17) is 16.4 Å². The van der Waals surface area contributed by atoms with Gasteiger partial charge in [0.25, 0.3) is 0 Å². The summed E-state index contributed by atoms with van der Waals surface area (Å²) in [5.41, 5.74) is 1.76. The van der Waals surface area contributed by atoms with Gasteiger partial charge in [-0.25, -0.2) is 4.98 Å². The van der Waals surface area contributed by atoms with Gasteiger partial charge in [-0.15, -0.1) is 0 Å². The lowest BCUT2D eigenvalue weighted by molar-refractivity contribution is 0.160. The van der Waals surface area contributed by atoms with Gasteiger partial charge in [0, 0.05) is 11.3 Å². The highest BCUT2D eigenvalue weighted by atomic mass is 35.5. The molecule has 0 atom stereocenters. The summed E-state index contributed by atoms with van der Waals surface area (Å²) in [6, 6.07) is 3.62. The fourth-order valence-corrected chi connectivity index (χ4v) is 1.16. The van der Waals surface area contributed by atoms with Crippen molar-refractivity contribution >= 4 is 17.8 Å². The first-order chi connectivity index (χ1) is 6.22. The Morgan fingerprint density at radius 2 is 2.38 bits per heavy atom. The van der Waals surface area contributed by atoms with Crippen LogP contribution in [0.25, 0.3) is 0 Å². The van der Waals surface area contributed by atoms with Crippen LogP contribution in [0.15, 0.2) is 17.3 Å². The third-order valence-corrected chi connectivity index (χ3v) is 1.54. The van der Waals surface area contributed by atoms with E-state index in [1.54, 1.807) is 12.3 Å². The molecular weight excluding hydrogens is 188 g/mol. The van der Waals surface area contributed by atoms with Gasteiger partial charge in [-0.1, -0.05) is 16.8 Å². The second kappa shape index (κ2) is 4.82. The van der Waals surface area contributed by atoms with Crippen LogP contribution in [0.4, 0.5) is 0 Å². The van der Waals surface area contributed by atoms with Crippen molar-refractivity contribution in [1.29, 1.82) is 0 Å². The molecule has 3 nitrogen and oxygen atoms in total. The molecule has 70 valence electrons. The summed E-state index contributed by atoms with van der Waals surface area (Å²) in [4.78, 5) is 8.85. The van der Waals surface area contributed by atoms with E-state index in [0.29, 0.717) is 11.8 Å². The van der Waals surface area contributed by atoms with Crippen molar-refractivity contribution in [3.05, 3.63) is 28.5 Å². The van der Waals surface area contributed by atoms with Crippen LogP contribution in [0.1, 0.15) is 18.2 Å². The molecular formula is C9H11ClN2O. The predicted octanol–water partition coefficient (Wildman–Crippen LogP) is 2.41. The maximum Gasteiger partial charge on any atom is 0.129 e. The van der Waals surface area contributed by atoms with E-state index in [-0.39, 0.29) is 0 Å². The standard InChI is InChI=1S/C9H11ClN2O/c1-3-13-11-6-8-4-7(2)12-9(10)5-8/h4-6H,3H2,1-2H3/b11-6+. The van der Waals surface area contributed by atoms with E-state index in [1.807, 2.05) is 19.9 Å². The lowest BCUT2D eigenvalue weighted by atomic mass is 10.2. The van der Waals surface area contributed by atoms with E-state index in [9.17, 15) is 0 Å². The maximum absolute atomic E-state index is 5.75. The first kappa shape index (κ1) is 9.99. The molecule has 1 aromatic rings. The molecule has 0 bridgehead atoms. The molecule has 4 heteroatoms. The van der Waals surface area contributed by atoms with Crippen LogP contribution in [-0.2, 0) is 4.84 Å². The zero-order chi connectivity index (χ0) is 9.68. The van der Waals surface area contributed by atoms with Crippen molar-refractivity contribution in [2.75, 3.05) is 6.61 Å². The Labute approximate surface area is 82.4 Å². The minimum Gasteiger partial charge on any atom is -0.396 e. The molecule has 0 aromatic carbocycles. The fourth-order valence-electron chi connectivity index (χ4n) is 0.901. The molecule has 0 amide bonds. The Kier molecular flexibility index (Phi) is 3.71. The average molecular weight is 199 g/mol. The highest BCUT2D eigenvalue weighted by Crippen LogP contribution is 2.08. The third kappa shape index (κ3) is 3.42. The van der Waals surface area contributed by atoms with E-state index in [2.05, 4.69) is 10.1 Å². The molecule has 1 aromatic heterocycles. The van der Waals surface area contributed by atoms with Crippen LogP contribution in [0.3, 0.4) is 0 Å². The summed E-state index contributed by atoms with van der Waals surface area (Å²) in [5, 5.41) is 4.20. The van der Waals surface area contributed by atoms with Gasteiger partial charge in [-0.3, -0.25) is 0 Å². The van der Waals surface area contributed by atoms with Crippen molar-refractivity contribution in [1.82, 2.24) is 4.98 Å². The number of rotatable bonds is 3. The van der Waals surface area contributed by atoms with Crippen LogP contribution >= 0.6 is 11.6 Å². The van der Waals surface area contributed by atoms with Crippen molar-refractivity contribution in [2.24, 2.45) is 5.16 Å². The number of oxime groups is 1. The first-order valence-electron chi connectivity index (χ1n) is 4.02. The highest BCUT2D eigenvalue weighted by molar-refractivity contribution is 6.29. The van der Waals surface area contributed by atoms with Gasteiger partial charge in [0.1, 0.15) is 11.8 Å². The van der Waals surface area contributed by atoms with Crippen molar-refractivity contribution in [3.63, 3.8) is 0 Å². The Balaban J connectivity index is 2.77. The van der Waals surface area contributed by atoms with Crippen molar-refractivity contribution < 1.29 is 4.84 Å². The first-order valence-corrected chi connectivity index (χ1v) is 4.39. The van der Waals surface area contributed by atoms with Crippen LogP contribution in [0, 0.1) is 6.92 Å². The van der Waals surface area contributed by atoms with Gasteiger partial charge >= 0.3 is 0 Å². The van der Waals surface area contributed by atoms with Crippen molar-refractivity contribution in [3.8, 4) is 0 Å². The van der Waals surface area contributed by atoms with Gasteiger partial charge in [0.15, 0.2) is 0 Å². The number of halogens is 1. The minimum absolute atomic E-state index is 0.470. The summed E-state index contributed by atoms with van der Waals surface area (Å²) in [6.45, 7) is 4.32. The van der Waals surface area contributed by atoms with E-state index in [0.717, 1.165) is 11.3 Å². The number of aromatic nitrogens is 1. The number of aryl methyl sites for hydroxylation is 1. The number of pyridine rings is 1. The SMILES string of the molecule is CCO/N=C/c1cc(C)nc(Cl)c1. The fraction of sp³-hybridized carbons (Fsp3) is 0.333. The Morgan fingerprint density at radius 1 is 1.62 bits per heavy atom. The van der Waals surface area contributed by atoms with Gasteiger partial charge in [-0.2, -0.15) is 0 Å². The molecule has 0 saturated carbocycles. The number of nitrogens with zero attached hydrogens (tertiary/aromatic N) is 2. The molecule has 13 heavy (non-hydrogen) atoms. The largest absolute Gasteiger partial charge is 0.396 e. The molecule has 0 aliphatic carbocycles. The Morgan fingerprint density at radius 3 is 3.00 bits per heavy atom. The summed E-state index contributed by atoms with van der Waals surface area (Å²) in [6.07, 6.45) is 1.62. The zero-order valence-corrected chi connectivity index (χ0v) is 8.38. The normalized spacial score (nSPS) is 10.7. The Hall–Kier alpha value is -1.09. The molecule has 1 rings (SSSR count). The second-order valence-electron chi connectivity index (χ2n) is 2.52. The van der Waals surface area contributed by atoms with Crippen molar-refractivity contribution in [2.45, 2.75) is 13.8 Å². The quantitative estimate of drug-likeness (QED) is 0.425. The van der Waals surface area contributed by atoms with Gasteiger partial charge < -0.3 is 4.84 Å². The molecule has 0 N–H and O–H groups in total. The van der Waals surface area contributed by atoms with Crippen LogP contribution in [-0.4, -0.2) is 17.8 Å². The van der Waals surface area contributed by atoms with Crippen LogP contribution in [0.5, 0.6) is 0 Å². The zero-order valence-electron chi connectivity index (χ0n) is 7.62. The predicted molar refractivity (Wildman–Crippen MR) is 53.2 cm³/mol. The molecule has 0 aliphatic rings. The lowest BCUT2D eigenvalue weighted by Gasteiger charge is -1.96. The van der Waals surface area contributed by atoms with Crippen LogP contribution in [0.2, 0.25) is 5.15 Å². The molecule has 0 saturated heterocycles. The molecule has 1 heterocycles. The van der Waals surface area contributed by atoms with E-state index in [1.165, 1.54) is 0 Å². The number of hydrogen-bond donors (Lipinski definition) is 0. The average Bonchev–Trinajstić information content (AvgIpc) is 2.03. The third-order valence-electron chi connectivity index (χ3n) is 1.35. The molecule has 0 unspecified atom stereocenters. The van der Waals surface area contributed by atoms with Gasteiger partial charge in [-0.05, 0) is 26.0 Å². The molecule has 0 aliphatic heterocycles. The molecule has 0 spiro atoms. The highest BCUT2D eigenvalue weighted by Gasteiger charge is 1.94. The monoisotopic (exact) mass is 198 g/mol. The smallest absolute Gasteiger partial charge is 0.129 e. The van der Waals surface area contributed by atoms with Gasteiger partial charge in [0.05, 0.1) is 6.21 Å². The maximum atomic E-state index is 5.75. The molecule has 0 fully saturated rings. The van der Waals surface area contributed by atoms with E-state index < -0.39 is 0 Å². The molecule has 0 radical (unpaired) electrons. The summed E-state index contributed by atoms with van der Waals surface area (Å²) < 4.78 is 0.